The van der Waals surface area contributed by atoms with Gasteiger partial charge in [-0.2, -0.15) is 0 Å². The van der Waals surface area contributed by atoms with Gasteiger partial charge in [-0.3, -0.25) is 4.79 Å². The highest BCUT2D eigenvalue weighted by Crippen LogP contribution is 2.37. The second-order valence-corrected chi connectivity index (χ2v) is 6.72. The van der Waals surface area contributed by atoms with Crippen LogP contribution in [-0.4, -0.2) is 11.9 Å². The third kappa shape index (κ3) is 3.05. The fourth-order valence-corrected chi connectivity index (χ4v) is 2.94. The molecule has 1 fully saturated rings. The Labute approximate surface area is 116 Å². The predicted octanol–water partition coefficient (Wildman–Crippen LogP) is 3.34. The highest BCUT2D eigenvalue weighted by molar-refractivity contribution is 9.10. The molecule has 3 N–H and O–H groups in total. The van der Waals surface area contributed by atoms with Gasteiger partial charge in [0.1, 0.15) is 0 Å². The smallest absolute Gasteiger partial charge is 0.253 e. The zero-order valence-corrected chi connectivity index (χ0v) is 12.4. The number of carbonyl (C=O) groups excluding carboxylic acids is 1. The van der Waals surface area contributed by atoms with Crippen molar-refractivity contribution in [3.8, 4) is 0 Å². The molecule has 0 aromatic heterocycles. The normalized spacial score (nSPS) is 21.8. The number of anilines is 1. The Morgan fingerprint density at radius 1 is 1.50 bits per heavy atom. The van der Waals surface area contributed by atoms with Gasteiger partial charge in [0.05, 0.1) is 5.56 Å². The van der Waals surface area contributed by atoms with Gasteiger partial charge in [-0.15, -0.1) is 0 Å². The molecule has 0 spiro atoms. The van der Waals surface area contributed by atoms with Crippen LogP contribution >= 0.6 is 15.9 Å². The van der Waals surface area contributed by atoms with Gasteiger partial charge in [-0.25, -0.2) is 0 Å². The number of nitrogens with one attached hydrogen (secondary N) is 1. The summed E-state index contributed by atoms with van der Waals surface area (Å²) in [7, 11) is 0. The lowest BCUT2D eigenvalue weighted by Crippen LogP contribution is -2.33. The van der Waals surface area contributed by atoms with E-state index >= 15 is 0 Å². The summed E-state index contributed by atoms with van der Waals surface area (Å²) in [6.07, 6.45) is 3.25. The van der Waals surface area contributed by atoms with E-state index in [4.69, 9.17) is 5.73 Å². The molecular formula is C14H19BrN2O. The summed E-state index contributed by atoms with van der Waals surface area (Å²) in [4.78, 5) is 12.1. The Morgan fingerprint density at radius 3 is 2.78 bits per heavy atom. The molecule has 1 aromatic carbocycles. The first-order chi connectivity index (χ1) is 8.37. The Hall–Kier alpha value is -1.03. The van der Waals surface area contributed by atoms with E-state index in [1.54, 1.807) is 12.1 Å². The largest absolute Gasteiger partial charge is 0.398 e. The minimum absolute atomic E-state index is 0.0669. The van der Waals surface area contributed by atoms with E-state index in [0.717, 1.165) is 23.7 Å². The van der Waals surface area contributed by atoms with Gasteiger partial charge in [0.2, 0.25) is 0 Å². The van der Waals surface area contributed by atoms with E-state index in [1.807, 2.05) is 6.07 Å². The predicted molar refractivity (Wildman–Crippen MR) is 77.4 cm³/mol. The molecule has 4 heteroatoms. The number of benzene rings is 1. The number of rotatable bonds is 2. The molecule has 18 heavy (non-hydrogen) atoms. The standard InChI is InChI=1S/C14H19BrN2O/c1-14(2)6-5-10(8-14)17-13(18)11-4-3-9(15)7-12(11)16/h3-4,7,10H,5-6,8,16H2,1-2H3,(H,17,18). The maximum atomic E-state index is 12.1. The van der Waals surface area contributed by atoms with Crippen molar-refractivity contribution in [3.63, 3.8) is 0 Å². The molecule has 0 saturated heterocycles. The maximum Gasteiger partial charge on any atom is 0.253 e. The lowest BCUT2D eigenvalue weighted by molar-refractivity contribution is 0.0937. The summed E-state index contributed by atoms with van der Waals surface area (Å²) in [6.45, 7) is 4.49. The van der Waals surface area contributed by atoms with Gasteiger partial charge in [0, 0.05) is 16.2 Å². The van der Waals surface area contributed by atoms with E-state index < -0.39 is 0 Å². The van der Waals surface area contributed by atoms with Crippen molar-refractivity contribution in [2.24, 2.45) is 5.41 Å². The molecule has 0 aliphatic heterocycles. The van der Waals surface area contributed by atoms with Crippen LogP contribution in [-0.2, 0) is 0 Å². The summed E-state index contributed by atoms with van der Waals surface area (Å²) < 4.78 is 0.888. The Kier molecular flexibility index (Phi) is 3.66. The third-order valence-corrected chi connectivity index (χ3v) is 4.06. The summed E-state index contributed by atoms with van der Waals surface area (Å²) in [6, 6.07) is 5.63. The van der Waals surface area contributed by atoms with Crippen LogP contribution in [0.15, 0.2) is 22.7 Å². The molecule has 0 radical (unpaired) electrons. The van der Waals surface area contributed by atoms with E-state index in [-0.39, 0.29) is 11.9 Å². The summed E-state index contributed by atoms with van der Waals surface area (Å²) >= 11 is 3.34. The van der Waals surface area contributed by atoms with Crippen molar-refractivity contribution in [2.75, 3.05) is 5.73 Å². The average molecular weight is 311 g/mol. The average Bonchev–Trinajstić information content (AvgIpc) is 2.57. The van der Waals surface area contributed by atoms with Crippen molar-refractivity contribution >= 4 is 27.5 Å². The number of halogens is 1. The minimum atomic E-state index is -0.0669. The van der Waals surface area contributed by atoms with E-state index in [9.17, 15) is 4.79 Å². The molecule has 3 nitrogen and oxygen atoms in total. The second kappa shape index (κ2) is 4.92. The minimum Gasteiger partial charge on any atom is -0.398 e. The molecule has 1 aromatic rings. The van der Waals surface area contributed by atoms with Crippen LogP contribution in [0.5, 0.6) is 0 Å². The number of amides is 1. The third-order valence-electron chi connectivity index (χ3n) is 3.56. The van der Waals surface area contributed by atoms with Crippen LogP contribution < -0.4 is 11.1 Å². The number of hydrogen-bond donors (Lipinski definition) is 2. The molecule has 1 saturated carbocycles. The van der Waals surface area contributed by atoms with Crippen molar-refractivity contribution in [3.05, 3.63) is 28.2 Å². The van der Waals surface area contributed by atoms with Crippen LogP contribution in [0.4, 0.5) is 5.69 Å². The van der Waals surface area contributed by atoms with E-state index in [0.29, 0.717) is 16.7 Å². The van der Waals surface area contributed by atoms with Crippen molar-refractivity contribution in [2.45, 2.75) is 39.2 Å². The van der Waals surface area contributed by atoms with Gasteiger partial charge in [-0.05, 0) is 42.9 Å². The van der Waals surface area contributed by atoms with E-state index in [2.05, 4.69) is 35.1 Å². The number of carbonyl (C=O) groups is 1. The first kappa shape index (κ1) is 13.4. The molecule has 1 amide bonds. The van der Waals surface area contributed by atoms with Crippen LogP contribution in [0.1, 0.15) is 43.5 Å². The summed E-state index contributed by atoms with van der Waals surface area (Å²) in [5, 5.41) is 3.08. The Bertz CT molecular complexity index is 471. The SMILES string of the molecule is CC1(C)CCC(NC(=O)c2ccc(Br)cc2N)C1. The molecule has 1 atom stereocenters. The van der Waals surface area contributed by atoms with Gasteiger partial charge in [-0.1, -0.05) is 29.8 Å². The zero-order valence-electron chi connectivity index (χ0n) is 10.8. The quantitative estimate of drug-likeness (QED) is 0.823. The summed E-state index contributed by atoms with van der Waals surface area (Å²) in [5.74, 6) is -0.0669. The number of nitrogen functional groups attached to an aromatic ring is 1. The van der Waals surface area contributed by atoms with Crippen LogP contribution in [0.2, 0.25) is 0 Å². The topological polar surface area (TPSA) is 55.1 Å². The fraction of sp³-hybridized carbons (Fsp3) is 0.500. The monoisotopic (exact) mass is 310 g/mol. The van der Waals surface area contributed by atoms with Crippen molar-refractivity contribution in [1.29, 1.82) is 0 Å². The fourth-order valence-electron chi connectivity index (χ4n) is 2.56. The number of hydrogen-bond acceptors (Lipinski definition) is 2. The molecule has 2 rings (SSSR count). The van der Waals surface area contributed by atoms with Crippen LogP contribution in [0.25, 0.3) is 0 Å². The lowest BCUT2D eigenvalue weighted by Gasteiger charge is -2.18. The Morgan fingerprint density at radius 2 is 2.22 bits per heavy atom. The molecule has 1 aliphatic carbocycles. The van der Waals surface area contributed by atoms with Gasteiger partial charge < -0.3 is 11.1 Å². The van der Waals surface area contributed by atoms with Crippen molar-refractivity contribution in [1.82, 2.24) is 5.32 Å². The summed E-state index contributed by atoms with van der Waals surface area (Å²) in [5.41, 5.74) is 7.27. The molecule has 98 valence electrons. The molecule has 0 heterocycles. The highest BCUT2D eigenvalue weighted by atomic mass is 79.9. The first-order valence-corrected chi connectivity index (χ1v) is 7.03. The molecule has 1 aliphatic rings. The maximum absolute atomic E-state index is 12.1. The van der Waals surface area contributed by atoms with Crippen LogP contribution in [0, 0.1) is 5.41 Å². The van der Waals surface area contributed by atoms with Gasteiger partial charge in [0.25, 0.3) is 5.91 Å². The molecule has 1 unspecified atom stereocenters. The second-order valence-electron chi connectivity index (χ2n) is 5.81. The van der Waals surface area contributed by atoms with Crippen molar-refractivity contribution < 1.29 is 4.79 Å². The first-order valence-electron chi connectivity index (χ1n) is 6.23. The highest BCUT2D eigenvalue weighted by Gasteiger charge is 2.31. The zero-order chi connectivity index (χ0) is 13.3. The van der Waals surface area contributed by atoms with Crippen LogP contribution in [0.3, 0.4) is 0 Å². The molecule has 0 bridgehead atoms. The van der Waals surface area contributed by atoms with E-state index in [1.165, 1.54) is 0 Å². The van der Waals surface area contributed by atoms with Gasteiger partial charge >= 0.3 is 0 Å². The van der Waals surface area contributed by atoms with Gasteiger partial charge in [0.15, 0.2) is 0 Å². The lowest BCUT2D eigenvalue weighted by atomic mass is 9.92. The molecular weight excluding hydrogens is 292 g/mol. The number of nitrogens with two attached hydrogens (primary N) is 1. The Balaban J connectivity index is 2.04.